The average Bonchev–Trinajstić information content (AvgIpc) is 2.48. The molecule has 2 nitrogen and oxygen atoms in total. The van der Waals surface area contributed by atoms with E-state index < -0.39 is 0 Å². The molecule has 0 spiro atoms. The first-order valence-electron chi connectivity index (χ1n) is 6.75. The first-order valence-corrected chi connectivity index (χ1v) is 7.66. The number of rotatable bonds is 2. The second kappa shape index (κ2) is 5.49. The summed E-state index contributed by atoms with van der Waals surface area (Å²) in [5.41, 5.74) is 3.78. The normalized spacial score (nSPS) is 18.6. The number of alkyl halides is 1. The number of hydrogen-bond donors (Lipinski definition) is 0. The summed E-state index contributed by atoms with van der Waals surface area (Å²) in [4.78, 5) is 0.121. The van der Waals surface area contributed by atoms with Crippen molar-refractivity contribution in [3.63, 3.8) is 0 Å². The summed E-state index contributed by atoms with van der Waals surface area (Å²) in [6.45, 7) is 4.79. The van der Waals surface area contributed by atoms with Gasteiger partial charge in [-0.1, -0.05) is 51.8 Å². The van der Waals surface area contributed by atoms with E-state index >= 15 is 0 Å². The van der Waals surface area contributed by atoms with Crippen molar-refractivity contribution in [1.82, 2.24) is 0 Å². The van der Waals surface area contributed by atoms with Crippen molar-refractivity contribution in [1.29, 1.82) is 0 Å². The van der Waals surface area contributed by atoms with E-state index in [4.69, 9.17) is 9.47 Å². The van der Waals surface area contributed by atoms with Crippen molar-refractivity contribution in [2.75, 3.05) is 6.61 Å². The van der Waals surface area contributed by atoms with E-state index in [0.29, 0.717) is 6.61 Å². The fourth-order valence-corrected chi connectivity index (χ4v) is 3.19. The maximum absolute atomic E-state index is 6.07. The topological polar surface area (TPSA) is 18.5 Å². The minimum Gasteiger partial charge on any atom is -0.486 e. The zero-order valence-electron chi connectivity index (χ0n) is 11.6. The molecule has 20 heavy (non-hydrogen) atoms. The minimum atomic E-state index is -0.0228. The van der Waals surface area contributed by atoms with Gasteiger partial charge in [0.1, 0.15) is 12.7 Å². The van der Waals surface area contributed by atoms with Crippen LogP contribution in [0.5, 0.6) is 11.5 Å². The Kier molecular flexibility index (Phi) is 3.70. The van der Waals surface area contributed by atoms with Crippen molar-refractivity contribution in [3.8, 4) is 11.5 Å². The SMILES string of the molecule is Cc1ccc(C)c(C(Br)C2COc3ccccc3O2)c1. The first kappa shape index (κ1) is 13.5. The van der Waals surface area contributed by atoms with Gasteiger partial charge >= 0.3 is 0 Å². The molecule has 0 bridgehead atoms. The van der Waals surface area contributed by atoms with Gasteiger partial charge in [0, 0.05) is 0 Å². The number of halogens is 1. The van der Waals surface area contributed by atoms with Crippen molar-refractivity contribution in [2.24, 2.45) is 0 Å². The number of ether oxygens (including phenoxy) is 2. The molecule has 0 amide bonds. The zero-order chi connectivity index (χ0) is 14.1. The van der Waals surface area contributed by atoms with E-state index in [0.717, 1.165) is 11.5 Å². The third-order valence-electron chi connectivity index (χ3n) is 3.59. The lowest BCUT2D eigenvalue weighted by atomic mass is 10.00. The monoisotopic (exact) mass is 332 g/mol. The minimum absolute atomic E-state index is 0.0228. The van der Waals surface area contributed by atoms with Crippen LogP contribution in [0.3, 0.4) is 0 Å². The van der Waals surface area contributed by atoms with Gasteiger partial charge in [-0.25, -0.2) is 0 Å². The number of hydrogen-bond acceptors (Lipinski definition) is 2. The molecule has 2 aromatic rings. The fraction of sp³-hybridized carbons (Fsp3) is 0.294. The zero-order valence-corrected chi connectivity index (χ0v) is 13.2. The fourth-order valence-electron chi connectivity index (χ4n) is 2.44. The van der Waals surface area contributed by atoms with Crippen molar-refractivity contribution < 1.29 is 9.47 Å². The van der Waals surface area contributed by atoms with E-state index in [-0.39, 0.29) is 10.9 Å². The Morgan fingerprint density at radius 3 is 2.65 bits per heavy atom. The highest BCUT2D eigenvalue weighted by Crippen LogP contribution is 2.38. The molecule has 1 aliphatic rings. The molecular weight excluding hydrogens is 316 g/mol. The van der Waals surface area contributed by atoms with Crippen LogP contribution in [0.15, 0.2) is 42.5 Å². The summed E-state index contributed by atoms with van der Waals surface area (Å²) in [7, 11) is 0. The molecule has 0 fully saturated rings. The van der Waals surface area contributed by atoms with Gasteiger partial charge in [0.15, 0.2) is 11.5 Å². The molecule has 1 aliphatic heterocycles. The van der Waals surface area contributed by atoms with E-state index in [1.54, 1.807) is 0 Å². The lowest BCUT2D eigenvalue weighted by Crippen LogP contribution is -2.32. The standard InChI is InChI=1S/C17H17BrO2/c1-11-7-8-12(2)13(9-11)17(18)16-10-19-14-5-3-4-6-15(14)20-16/h3-9,16-17H,10H2,1-2H3. The highest BCUT2D eigenvalue weighted by molar-refractivity contribution is 9.09. The predicted octanol–water partition coefficient (Wildman–Crippen LogP) is 4.58. The van der Waals surface area contributed by atoms with Gasteiger partial charge in [-0.05, 0) is 37.1 Å². The first-order chi connectivity index (χ1) is 9.65. The lowest BCUT2D eigenvalue weighted by Gasteiger charge is -2.30. The molecule has 0 radical (unpaired) electrons. The Morgan fingerprint density at radius 1 is 1.10 bits per heavy atom. The summed E-state index contributed by atoms with van der Waals surface area (Å²) >= 11 is 3.78. The molecule has 0 aliphatic carbocycles. The summed E-state index contributed by atoms with van der Waals surface area (Å²) in [5.74, 6) is 1.64. The molecule has 3 rings (SSSR count). The van der Waals surface area contributed by atoms with E-state index in [9.17, 15) is 0 Å². The van der Waals surface area contributed by atoms with Crippen LogP contribution >= 0.6 is 15.9 Å². The highest BCUT2D eigenvalue weighted by Gasteiger charge is 2.29. The van der Waals surface area contributed by atoms with E-state index in [2.05, 4.69) is 48.0 Å². The van der Waals surface area contributed by atoms with Gasteiger partial charge in [0.2, 0.25) is 0 Å². The summed E-state index contributed by atoms with van der Waals surface area (Å²) in [6, 6.07) is 14.3. The van der Waals surface area contributed by atoms with Crippen molar-refractivity contribution >= 4 is 15.9 Å². The number of para-hydroxylation sites is 2. The Hall–Kier alpha value is -1.48. The van der Waals surface area contributed by atoms with Crippen LogP contribution in [-0.4, -0.2) is 12.7 Å². The molecule has 2 aromatic carbocycles. The van der Waals surface area contributed by atoms with Crippen LogP contribution in [0.2, 0.25) is 0 Å². The molecule has 0 aromatic heterocycles. The molecule has 2 atom stereocenters. The quantitative estimate of drug-likeness (QED) is 0.749. The predicted molar refractivity (Wildman–Crippen MR) is 83.9 cm³/mol. The summed E-state index contributed by atoms with van der Waals surface area (Å²) in [5, 5.41) is 0. The van der Waals surface area contributed by atoms with Gasteiger partial charge in [-0.15, -0.1) is 0 Å². The largest absolute Gasteiger partial charge is 0.486 e. The molecule has 104 valence electrons. The second-order valence-electron chi connectivity index (χ2n) is 5.18. The molecular formula is C17H17BrO2. The van der Waals surface area contributed by atoms with Gasteiger partial charge in [0.25, 0.3) is 0 Å². The number of benzene rings is 2. The summed E-state index contributed by atoms with van der Waals surface area (Å²) in [6.07, 6.45) is -0.0228. The van der Waals surface area contributed by atoms with Gasteiger partial charge in [-0.2, -0.15) is 0 Å². The van der Waals surface area contributed by atoms with Gasteiger partial charge in [0.05, 0.1) is 4.83 Å². The maximum atomic E-state index is 6.07. The molecule has 2 unspecified atom stereocenters. The van der Waals surface area contributed by atoms with Crippen molar-refractivity contribution in [3.05, 3.63) is 59.2 Å². The van der Waals surface area contributed by atoms with Crippen LogP contribution in [0.1, 0.15) is 21.5 Å². The maximum Gasteiger partial charge on any atom is 0.161 e. The number of fused-ring (bicyclic) bond motifs is 1. The smallest absolute Gasteiger partial charge is 0.161 e. The third-order valence-corrected chi connectivity index (χ3v) is 4.67. The molecule has 3 heteroatoms. The average molecular weight is 333 g/mol. The number of aryl methyl sites for hydroxylation is 2. The lowest BCUT2D eigenvalue weighted by molar-refractivity contribution is 0.0903. The van der Waals surface area contributed by atoms with Crippen molar-refractivity contribution in [2.45, 2.75) is 24.8 Å². The van der Waals surface area contributed by atoms with Crippen LogP contribution in [0.25, 0.3) is 0 Å². The Labute approximate surface area is 127 Å². The Morgan fingerprint density at radius 2 is 1.85 bits per heavy atom. The summed E-state index contributed by atoms with van der Waals surface area (Å²) < 4.78 is 11.9. The second-order valence-corrected chi connectivity index (χ2v) is 6.16. The highest BCUT2D eigenvalue weighted by atomic mass is 79.9. The Balaban J connectivity index is 1.85. The molecule has 0 N–H and O–H groups in total. The molecule has 0 saturated heterocycles. The van der Waals surface area contributed by atoms with E-state index in [1.165, 1.54) is 16.7 Å². The van der Waals surface area contributed by atoms with Crippen LogP contribution < -0.4 is 9.47 Å². The third kappa shape index (κ3) is 2.55. The van der Waals surface area contributed by atoms with E-state index in [1.807, 2.05) is 24.3 Å². The molecule has 1 heterocycles. The van der Waals surface area contributed by atoms with Crippen LogP contribution in [0, 0.1) is 13.8 Å². The molecule has 0 saturated carbocycles. The Bertz CT molecular complexity index is 624. The van der Waals surface area contributed by atoms with Crippen LogP contribution in [0.4, 0.5) is 0 Å². The van der Waals surface area contributed by atoms with Gasteiger partial charge in [-0.3, -0.25) is 0 Å². The van der Waals surface area contributed by atoms with Crippen LogP contribution in [-0.2, 0) is 0 Å². The van der Waals surface area contributed by atoms with Gasteiger partial charge < -0.3 is 9.47 Å².